The van der Waals surface area contributed by atoms with Crippen molar-refractivity contribution in [2.45, 2.75) is 33.2 Å². The standard InChI is InChI=1S/C20H23NO3.I2/c1-14-9-8-10-15(2)19(14)21(16(3)20(23)24-4)18(22)13-17-11-6-5-7-12-17;1-2/h5-12,16H,13H2,1-4H3;. The Kier molecular flexibility index (Phi) is 10.1. The third-order valence-corrected chi connectivity index (χ3v) is 4.08. The number of ether oxygens (including phenoxy) is 1. The fraction of sp³-hybridized carbons (Fsp3) is 0.300. The van der Waals surface area contributed by atoms with Crippen molar-refractivity contribution in [1.29, 1.82) is 0 Å². The second kappa shape index (κ2) is 11.5. The van der Waals surface area contributed by atoms with E-state index in [-0.39, 0.29) is 12.3 Å². The fourth-order valence-electron chi connectivity index (χ4n) is 2.85. The highest BCUT2D eigenvalue weighted by Crippen LogP contribution is 2.27. The number of para-hydroxylation sites is 1. The summed E-state index contributed by atoms with van der Waals surface area (Å²) in [5.74, 6) is -0.560. The van der Waals surface area contributed by atoms with Gasteiger partial charge in [0.05, 0.1) is 19.2 Å². The predicted octanol–water partition coefficient (Wildman–Crippen LogP) is 5.21. The van der Waals surface area contributed by atoms with Gasteiger partial charge in [-0.25, -0.2) is 4.79 Å². The molecule has 4 nitrogen and oxygen atoms in total. The van der Waals surface area contributed by atoms with Crippen molar-refractivity contribution < 1.29 is 14.3 Å². The fourth-order valence-corrected chi connectivity index (χ4v) is 2.85. The lowest BCUT2D eigenvalue weighted by Crippen LogP contribution is -2.45. The minimum atomic E-state index is -0.689. The minimum absolute atomic E-state index is 0.128. The van der Waals surface area contributed by atoms with Crippen molar-refractivity contribution in [2.24, 2.45) is 0 Å². The number of halogens is 2. The smallest absolute Gasteiger partial charge is 0.328 e. The maximum atomic E-state index is 13.0. The monoisotopic (exact) mass is 579 g/mol. The van der Waals surface area contributed by atoms with Gasteiger partial charge in [0.15, 0.2) is 0 Å². The molecule has 26 heavy (non-hydrogen) atoms. The maximum absolute atomic E-state index is 13.0. The molecule has 1 atom stereocenters. The van der Waals surface area contributed by atoms with Crippen LogP contribution in [0, 0.1) is 13.8 Å². The molecule has 0 radical (unpaired) electrons. The normalized spacial score (nSPS) is 11.0. The summed E-state index contributed by atoms with van der Waals surface area (Å²) < 4.78 is 4.86. The summed E-state index contributed by atoms with van der Waals surface area (Å²) >= 11 is 4.24. The first-order valence-electron chi connectivity index (χ1n) is 8.10. The first-order valence-corrected chi connectivity index (χ1v) is 14.4. The van der Waals surface area contributed by atoms with Crippen molar-refractivity contribution in [3.05, 3.63) is 65.2 Å². The lowest BCUT2D eigenvalue weighted by Gasteiger charge is -2.30. The van der Waals surface area contributed by atoms with Gasteiger partial charge in [-0.05, 0) is 37.5 Å². The molecule has 0 fully saturated rings. The number of methoxy groups -OCH3 is 1. The molecule has 0 aliphatic rings. The van der Waals surface area contributed by atoms with Crippen LogP contribution in [0.15, 0.2) is 48.5 Å². The first-order chi connectivity index (χ1) is 12.5. The minimum Gasteiger partial charge on any atom is -0.467 e. The molecule has 0 heterocycles. The van der Waals surface area contributed by atoms with Gasteiger partial charge in [-0.3, -0.25) is 9.69 Å². The highest BCUT2D eigenvalue weighted by molar-refractivity contribution is 15.0. The highest BCUT2D eigenvalue weighted by atomic mass is 128. The third-order valence-electron chi connectivity index (χ3n) is 4.08. The van der Waals surface area contributed by atoms with Gasteiger partial charge >= 0.3 is 5.97 Å². The summed E-state index contributed by atoms with van der Waals surface area (Å²) in [5, 5.41) is 0. The van der Waals surface area contributed by atoms with Gasteiger partial charge in [-0.1, -0.05) is 48.5 Å². The highest BCUT2D eigenvalue weighted by Gasteiger charge is 2.30. The average Bonchev–Trinajstić information content (AvgIpc) is 2.66. The Labute approximate surface area is 178 Å². The number of hydrogen-bond acceptors (Lipinski definition) is 3. The Morgan fingerprint density at radius 2 is 1.54 bits per heavy atom. The molecular formula is C20H23I2NO3. The van der Waals surface area contributed by atoms with Crippen LogP contribution in [0.2, 0.25) is 0 Å². The topological polar surface area (TPSA) is 46.6 Å². The van der Waals surface area contributed by atoms with Gasteiger partial charge in [-0.2, -0.15) is 0 Å². The Hall–Kier alpha value is -1.16. The molecule has 0 aliphatic heterocycles. The van der Waals surface area contributed by atoms with Crippen LogP contribution in [0.3, 0.4) is 0 Å². The average molecular weight is 579 g/mol. The van der Waals surface area contributed by atoms with Gasteiger partial charge in [0.2, 0.25) is 5.91 Å². The molecule has 0 saturated carbocycles. The molecule has 0 saturated heterocycles. The Balaban J connectivity index is 0.00000163. The number of aryl methyl sites for hydroxylation is 2. The number of hydrogen-bond donors (Lipinski definition) is 0. The summed E-state index contributed by atoms with van der Waals surface area (Å²) in [4.78, 5) is 26.6. The van der Waals surface area contributed by atoms with Crippen molar-refractivity contribution in [3.8, 4) is 0 Å². The molecule has 2 aromatic rings. The van der Waals surface area contributed by atoms with Crippen LogP contribution >= 0.6 is 37.2 Å². The van der Waals surface area contributed by atoms with E-state index in [1.165, 1.54) is 7.11 Å². The van der Waals surface area contributed by atoms with Crippen LogP contribution in [0.5, 0.6) is 0 Å². The molecule has 0 bridgehead atoms. The van der Waals surface area contributed by atoms with Gasteiger partial charge in [0, 0.05) is 37.2 Å². The van der Waals surface area contributed by atoms with Gasteiger partial charge in [0.1, 0.15) is 6.04 Å². The molecule has 6 heteroatoms. The van der Waals surface area contributed by atoms with E-state index in [2.05, 4.69) is 37.2 Å². The number of nitrogens with zero attached hydrogens (tertiary/aromatic N) is 1. The summed E-state index contributed by atoms with van der Waals surface area (Å²) in [7, 11) is 1.34. The van der Waals surface area contributed by atoms with E-state index in [4.69, 9.17) is 4.74 Å². The van der Waals surface area contributed by atoms with Crippen molar-refractivity contribution in [3.63, 3.8) is 0 Å². The predicted molar refractivity (Wildman–Crippen MR) is 123 cm³/mol. The van der Waals surface area contributed by atoms with Gasteiger partial charge in [0.25, 0.3) is 0 Å². The summed E-state index contributed by atoms with van der Waals surface area (Å²) in [6.45, 7) is 5.57. The Morgan fingerprint density at radius 1 is 1.00 bits per heavy atom. The Bertz CT molecular complexity index is 715. The number of carbonyl (C=O) groups is 2. The number of benzene rings is 2. The number of rotatable bonds is 5. The summed E-state index contributed by atoms with van der Waals surface area (Å²) in [6.07, 6.45) is 0.232. The lowest BCUT2D eigenvalue weighted by atomic mass is 10.0. The first kappa shape index (κ1) is 22.9. The second-order valence-electron chi connectivity index (χ2n) is 5.87. The van der Waals surface area contributed by atoms with Crippen LogP contribution in [0.25, 0.3) is 0 Å². The molecule has 1 unspecified atom stereocenters. The number of amides is 1. The largest absolute Gasteiger partial charge is 0.467 e. The zero-order chi connectivity index (χ0) is 19.7. The van der Waals surface area contributed by atoms with Crippen LogP contribution in [0.4, 0.5) is 5.69 Å². The molecule has 140 valence electrons. The molecule has 0 aliphatic carbocycles. The summed E-state index contributed by atoms with van der Waals surface area (Å²) in [6, 6.07) is 14.7. The number of anilines is 1. The third kappa shape index (κ3) is 5.94. The van der Waals surface area contributed by atoms with Crippen molar-refractivity contribution in [1.82, 2.24) is 0 Å². The number of carbonyl (C=O) groups excluding carboxylic acids is 2. The van der Waals surface area contributed by atoms with E-state index >= 15 is 0 Å². The van der Waals surface area contributed by atoms with Crippen LogP contribution in [-0.2, 0) is 20.7 Å². The Morgan fingerprint density at radius 3 is 2.04 bits per heavy atom. The molecule has 0 aromatic heterocycles. The molecule has 2 aromatic carbocycles. The van der Waals surface area contributed by atoms with E-state index in [0.29, 0.717) is 0 Å². The van der Waals surface area contributed by atoms with E-state index in [1.807, 2.05) is 62.4 Å². The SMILES string of the molecule is COC(=O)C(C)N(C(=O)Cc1ccccc1)c1c(C)cccc1C.II. The van der Waals surface area contributed by atoms with Crippen LogP contribution in [0.1, 0.15) is 23.6 Å². The summed E-state index contributed by atoms with van der Waals surface area (Å²) in [5.41, 5.74) is 3.59. The van der Waals surface area contributed by atoms with Crippen molar-refractivity contribution in [2.75, 3.05) is 12.0 Å². The quantitative estimate of drug-likeness (QED) is 0.361. The van der Waals surface area contributed by atoms with E-state index in [1.54, 1.807) is 11.8 Å². The molecule has 2 rings (SSSR count). The zero-order valence-corrected chi connectivity index (χ0v) is 19.6. The molecule has 0 spiro atoms. The second-order valence-corrected chi connectivity index (χ2v) is 5.87. The molecule has 0 N–H and O–H groups in total. The van der Waals surface area contributed by atoms with E-state index in [0.717, 1.165) is 22.4 Å². The lowest BCUT2D eigenvalue weighted by molar-refractivity contribution is -0.143. The van der Waals surface area contributed by atoms with Crippen LogP contribution < -0.4 is 4.90 Å². The number of esters is 1. The van der Waals surface area contributed by atoms with Gasteiger partial charge < -0.3 is 4.74 Å². The molecule has 1 amide bonds. The van der Waals surface area contributed by atoms with Gasteiger partial charge in [-0.15, -0.1) is 0 Å². The van der Waals surface area contributed by atoms with E-state index in [9.17, 15) is 9.59 Å². The van der Waals surface area contributed by atoms with E-state index < -0.39 is 12.0 Å². The zero-order valence-electron chi connectivity index (χ0n) is 15.3. The van der Waals surface area contributed by atoms with Crippen molar-refractivity contribution >= 4 is 54.8 Å². The molecular weight excluding hydrogens is 556 g/mol. The maximum Gasteiger partial charge on any atom is 0.328 e. The van der Waals surface area contributed by atoms with Crippen LogP contribution in [-0.4, -0.2) is 25.0 Å².